The highest BCUT2D eigenvalue weighted by Gasteiger charge is 2.11. The van der Waals surface area contributed by atoms with Gasteiger partial charge in [-0.3, -0.25) is 4.79 Å². The average Bonchev–Trinajstić information content (AvgIpc) is 2.93. The van der Waals surface area contributed by atoms with Crippen molar-refractivity contribution in [2.75, 3.05) is 19.5 Å². The molecule has 1 aromatic heterocycles. The van der Waals surface area contributed by atoms with E-state index in [4.69, 9.17) is 9.47 Å². The minimum Gasteiger partial charge on any atom is -0.493 e. The number of methoxy groups -OCH3 is 2. The third-order valence-electron chi connectivity index (χ3n) is 3.11. The highest BCUT2D eigenvalue weighted by molar-refractivity contribution is 7.15. The molecule has 2 aromatic rings. The zero-order valence-corrected chi connectivity index (χ0v) is 14.6. The fourth-order valence-electron chi connectivity index (χ4n) is 2.08. The van der Waals surface area contributed by atoms with Gasteiger partial charge in [-0.15, -0.1) is 10.2 Å². The second-order valence-electron chi connectivity index (χ2n) is 5.51. The first-order valence-corrected chi connectivity index (χ1v) is 8.16. The molecule has 0 radical (unpaired) electrons. The fraction of sp³-hybridized carbons (Fsp3) is 0.438. The largest absolute Gasteiger partial charge is 0.493 e. The summed E-state index contributed by atoms with van der Waals surface area (Å²) in [6.07, 6.45) is 1.10. The Kier molecular flexibility index (Phi) is 5.92. The van der Waals surface area contributed by atoms with Crippen LogP contribution in [-0.4, -0.2) is 30.3 Å². The van der Waals surface area contributed by atoms with E-state index in [2.05, 4.69) is 29.4 Å². The molecule has 0 aliphatic carbocycles. The third kappa shape index (κ3) is 4.92. The fourth-order valence-corrected chi connectivity index (χ4v) is 3.04. The van der Waals surface area contributed by atoms with Crippen molar-refractivity contribution < 1.29 is 14.3 Å². The minimum absolute atomic E-state index is 0.135. The van der Waals surface area contributed by atoms with Crippen molar-refractivity contribution in [1.29, 1.82) is 0 Å². The number of nitrogens with one attached hydrogen (secondary N) is 1. The molecule has 1 heterocycles. The van der Waals surface area contributed by atoms with Gasteiger partial charge in [0.1, 0.15) is 5.01 Å². The number of aromatic nitrogens is 2. The molecule has 2 rings (SSSR count). The van der Waals surface area contributed by atoms with Gasteiger partial charge in [0.05, 0.1) is 20.6 Å². The molecule has 0 unspecified atom stereocenters. The maximum Gasteiger partial charge on any atom is 0.230 e. The van der Waals surface area contributed by atoms with Crippen LogP contribution in [0.2, 0.25) is 0 Å². The van der Waals surface area contributed by atoms with Crippen LogP contribution in [-0.2, 0) is 17.6 Å². The summed E-state index contributed by atoms with van der Waals surface area (Å²) in [4.78, 5) is 12.1. The van der Waals surface area contributed by atoms with E-state index in [0.717, 1.165) is 17.0 Å². The van der Waals surface area contributed by atoms with Gasteiger partial charge in [0.15, 0.2) is 11.5 Å². The maximum atomic E-state index is 12.1. The Morgan fingerprint density at radius 1 is 1.22 bits per heavy atom. The molecule has 0 atom stereocenters. The molecule has 0 saturated heterocycles. The van der Waals surface area contributed by atoms with Gasteiger partial charge in [-0.2, -0.15) is 0 Å². The number of hydrogen-bond acceptors (Lipinski definition) is 6. The molecule has 0 fully saturated rings. The van der Waals surface area contributed by atoms with E-state index in [-0.39, 0.29) is 12.3 Å². The van der Waals surface area contributed by atoms with Gasteiger partial charge < -0.3 is 14.8 Å². The molecule has 7 heteroatoms. The van der Waals surface area contributed by atoms with Crippen LogP contribution >= 0.6 is 11.3 Å². The van der Waals surface area contributed by atoms with E-state index < -0.39 is 0 Å². The number of carbonyl (C=O) groups is 1. The summed E-state index contributed by atoms with van der Waals surface area (Å²) < 4.78 is 10.4. The van der Waals surface area contributed by atoms with E-state index in [0.29, 0.717) is 22.5 Å². The van der Waals surface area contributed by atoms with Crippen LogP contribution in [0.4, 0.5) is 5.13 Å². The van der Waals surface area contributed by atoms with Crippen LogP contribution in [0.25, 0.3) is 0 Å². The SMILES string of the molecule is COc1ccc(CC(=O)Nc2nnc(CC(C)C)s2)cc1OC. The van der Waals surface area contributed by atoms with Crippen LogP contribution in [0.1, 0.15) is 24.4 Å². The van der Waals surface area contributed by atoms with E-state index in [1.807, 2.05) is 6.07 Å². The van der Waals surface area contributed by atoms with Crippen LogP contribution < -0.4 is 14.8 Å². The van der Waals surface area contributed by atoms with Gasteiger partial charge in [0.25, 0.3) is 0 Å². The Hall–Kier alpha value is -2.15. The summed E-state index contributed by atoms with van der Waals surface area (Å²) in [5, 5.41) is 12.3. The normalized spacial score (nSPS) is 10.7. The zero-order chi connectivity index (χ0) is 16.8. The molecule has 0 saturated carbocycles. The molecule has 0 aliphatic rings. The lowest BCUT2D eigenvalue weighted by atomic mass is 10.1. The Morgan fingerprint density at radius 2 is 1.96 bits per heavy atom. The first-order valence-electron chi connectivity index (χ1n) is 7.35. The smallest absolute Gasteiger partial charge is 0.230 e. The van der Waals surface area contributed by atoms with Crippen molar-refractivity contribution in [3.05, 3.63) is 28.8 Å². The standard InChI is InChI=1S/C16H21N3O3S/c1-10(2)7-15-18-19-16(23-15)17-14(20)9-11-5-6-12(21-3)13(8-11)22-4/h5-6,8,10H,7,9H2,1-4H3,(H,17,19,20). The second kappa shape index (κ2) is 7.92. The van der Waals surface area contributed by atoms with Crippen LogP contribution in [0.5, 0.6) is 11.5 Å². The zero-order valence-electron chi connectivity index (χ0n) is 13.8. The first-order chi connectivity index (χ1) is 11.0. The average molecular weight is 335 g/mol. The van der Waals surface area contributed by atoms with Gasteiger partial charge in [0, 0.05) is 6.42 Å². The predicted octanol–water partition coefficient (Wildman–Crippen LogP) is 2.94. The second-order valence-corrected chi connectivity index (χ2v) is 6.58. The number of amides is 1. The van der Waals surface area contributed by atoms with Crippen molar-refractivity contribution in [2.45, 2.75) is 26.7 Å². The van der Waals surface area contributed by atoms with E-state index >= 15 is 0 Å². The minimum atomic E-state index is -0.135. The topological polar surface area (TPSA) is 73.3 Å². The summed E-state index contributed by atoms with van der Waals surface area (Å²) in [5.41, 5.74) is 0.840. The third-order valence-corrected chi connectivity index (χ3v) is 3.97. The summed E-state index contributed by atoms with van der Waals surface area (Å²) >= 11 is 1.41. The molecule has 6 nitrogen and oxygen atoms in total. The van der Waals surface area contributed by atoms with Crippen molar-refractivity contribution in [3.63, 3.8) is 0 Å². The monoisotopic (exact) mass is 335 g/mol. The molecular formula is C16H21N3O3S. The molecule has 1 amide bonds. The number of rotatable bonds is 7. The maximum absolute atomic E-state index is 12.1. The Morgan fingerprint density at radius 3 is 2.61 bits per heavy atom. The number of hydrogen-bond donors (Lipinski definition) is 1. The lowest BCUT2D eigenvalue weighted by molar-refractivity contribution is -0.115. The number of carbonyl (C=O) groups excluding carboxylic acids is 1. The lowest BCUT2D eigenvalue weighted by Gasteiger charge is -2.09. The van der Waals surface area contributed by atoms with Crippen molar-refractivity contribution in [1.82, 2.24) is 10.2 Å². The summed E-state index contributed by atoms with van der Waals surface area (Å²) in [6, 6.07) is 5.42. The Balaban J connectivity index is 1.98. The van der Waals surface area contributed by atoms with Gasteiger partial charge in [0.2, 0.25) is 11.0 Å². The van der Waals surface area contributed by atoms with Gasteiger partial charge in [-0.1, -0.05) is 31.3 Å². The molecule has 0 bridgehead atoms. The number of anilines is 1. The quantitative estimate of drug-likeness (QED) is 0.842. The summed E-state index contributed by atoms with van der Waals surface area (Å²) in [6.45, 7) is 4.24. The Labute approximate surface area is 139 Å². The molecule has 124 valence electrons. The van der Waals surface area contributed by atoms with Crippen LogP contribution in [0.3, 0.4) is 0 Å². The number of nitrogens with zero attached hydrogens (tertiary/aromatic N) is 2. The number of ether oxygens (including phenoxy) is 2. The predicted molar refractivity (Wildman–Crippen MR) is 90.3 cm³/mol. The highest BCUT2D eigenvalue weighted by atomic mass is 32.1. The molecule has 0 aliphatic heterocycles. The molecule has 23 heavy (non-hydrogen) atoms. The first kappa shape index (κ1) is 17.2. The van der Waals surface area contributed by atoms with E-state index in [1.165, 1.54) is 11.3 Å². The van der Waals surface area contributed by atoms with Crippen molar-refractivity contribution >= 4 is 22.4 Å². The van der Waals surface area contributed by atoms with Gasteiger partial charge in [-0.25, -0.2) is 0 Å². The summed E-state index contributed by atoms with van der Waals surface area (Å²) in [5.74, 6) is 1.62. The number of benzene rings is 1. The Bertz CT molecular complexity index is 670. The molecule has 1 aromatic carbocycles. The van der Waals surface area contributed by atoms with Crippen molar-refractivity contribution in [3.8, 4) is 11.5 Å². The van der Waals surface area contributed by atoms with Crippen LogP contribution in [0, 0.1) is 5.92 Å². The highest BCUT2D eigenvalue weighted by Crippen LogP contribution is 2.28. The molecule has 0 spiro atoms. The lowest BCUT2D eigenvalue weighted by Crippen LogP contribution is -2.14. The summed E-state index contributed by atoms with van der Waals surface area (Å²) in [7, 11) is 3.15. The van der Waals surface area contributed by atoms with Crippen LogP contribution in [0.15, 0.2) is 18.2 Å². The van der Waals surface area contributed by atoms with Gasteiger partial charge in [-0.05, 0) is 23.6 Å². The van der Waals surface area contributed by atoms with Crippen molar-refractivity contribution in [2.24, 2.45) is 5.92 Å². The van der Waals surface area contributed by atoms with E-state index in [9.17, 15) is 4.79 Å². The molecular weight excluding hydrogens is 314 g/mol. The molecule has 1 N–H and O–H groups in total. The van der Waals surface area contributed by atoms with E-state index in [1.54, 1.807) is 26.4 Å². The van der Waals surface area contributed by atoms with Gasteiger partial charge >= 0.3 is 0 Å².